The Bertz CT molecular complexity index is 3080. The summed E-state index contributed by atoms with van der Waals surface area (Å²) in [4.78, 5) is 14.7. The van der Waals surface area contributed by atoms with Crippen LogP contribution in [-0.2, 0) is 0 Å². The van der Waals surface area contributed by atoms with Gasteiger partial charge in [0.25, 0.3) is 0 Å². The van der Waals surface area contributed by atoms with Crippen LogP contribution in [0.25, 0.3) is 106 Å². The standard InChI is InChI=1S/C45H26N4O2/c1-3-11-27(12-4-1)43-46-44(28-13-5-2-6-14-28)48-45(47-43)29-19-21-32-35-26-30(20-24-39(35)50-40(32)25-29)49-36-17-9-7-16-34(36)41-37(49)23-22-33-31-15-8-10-18-38(31)51-42(33)41/h1-26H. The lowest BCUT2D eigenvalue weighted by atomic mass is 10.1. The maximum atomic E-state index is 6.51. The maximum Gasteiger partial charge on any atom is 0.164 e. The smallest absolute Gasteiger partial charge is 0.164 e. The van der Waals surface area contributed by atoms with Crippen molar-refractivity contribution in [2.45, 2.75) is 0 Å². The molecule has 0 saturated carbocycles. The largest absolute Gasteiger partial charge is 0.456 e. The molecule has 238 valence electrons. The lowest BCUT2D eigenvalue weighted by molar-refractivity contribution is 0.669. The molecule has 6 heteroatoms. The molecular formula is C45H26N4O2. The van der Waals surface area contributed by atoms with Gasteiger partial charge in [0.1, 0.15) is 22.3 Å². The van der Waals surface area contributed by atoms with E-state index in [0.717, 1.165) is 88.1 Å². The van der Waals surface area contributed by atoms with Gasteiger partial charge >= 0.3 is 0 Å². The fraction of sp³-hybridized carbons (Fsp3) is 0. The second-order valence-electron chi connectivity index (χ2n) is 12.8. The monoisotopic (exact) mass is 654 g/mol. The van der Waals surface area contributed by atoms with E-state index in [0.29, 0.717) is 17.5 Å². The first kappa shape index (κ1) is 27.9. The van der Waals surface area contributed by atoms with E-state index in [9.17, 15) is 0 Å². The van der Waals surface area contributed by atoms with E-state index in [4.69, 9.17) is 23.8 Å². The Morgan fingerprint density at radius 1 is 0.373 bits per heavy atom. The molecule has 0 N–H and O–H groups in total. The van der Waals surface area contributed by atoms with Gasteiger partial charge in [0.05, 0.1) is 16.4 Å². The van der Waals surface area contributed by atoms with Crippen LogP contribution in [0, 0.1) is 0 Å². The normalized spacial score (nSPS) is 11.9. The third kappa shape index (κ3) is 4.26. The third-order valence-electron chi connectivity index (χ3n) is 9.85. The second-order valence-corrected chi connectivity index (χ2v) is 12.8. The van der Waals surface area contributed by atoms with E-state index >= 15 is 0 Å². The fourth-order valence-corrected chi connectivity index (χ4v) is 7.49. The Kier molecular flexibility index (Phi) is 5.86. The lowest BCUT2D eigenvalue weighted by Crippen LogP contribution is -2.00. The molecule has 0 aliphatic heterocycles. The number of hydrogen-bond donors (Lipinski definition) is 0. The molecule has 0 aliphatic rings. The third-order valence-corrected chi connectivity index (χ3v) is 9.85. The van der Waals surface area contributed by atoms with E-state index in [2.05, 4.69) is 83.4 Å². The number of aromatic nitrogens is 4. The van der Waals surface area contributed by atoms with Gasteiger partial charge in [0.15, 0.2) is 17.5 Å². The van der Waals surface area contributed by atoms with Gasteiger partial charge in [-0.15, -0.1) is 0 Å². The van der Waals surface area contributed by atoms with Gasteiger partial charge in [0.2, 0.25) is 0 Å². The van der Waals surface area contributed by atoms with Crippen molar-refractivity contribution in [3.63, 3.8) is 0 Å². The van der Waals surface area contributed by atoms with Crippen LogP contribution in [-0.4, -0.2) is 19.5 Å². The van der Waals surface area contributed by atoms with E-state index in [-0.39, 0.29) is 0 Å². The highest BCUT2D eigenvalue weighted by Crippen LogP contribution is 2.41. The van der Waals surface area contributed by atoms with Gasteiger partial charge in [-0.25, -0.2) is 15.0 Å². The minimum absolute atomic E-state index is 0.591. The van der Waals surface area contributed by atoms with Crippen molar-refractivity contribution < 1.29 is 8.83 Å². The summed E-state index contributed by atoms with van der Waals surface area (Å²) < 4.78 is 15.3. The zero-order valence-corrected chi connectivity index (χ0v) is 27.1. The van der Waals surface area contributed by atoms with Crippen molar-refractivity contribution >= 4 is 65.7 Å². The number of furan rings is 2. The van der Waals surface area contributed by atoms with E-state index in [1.165, 1.54) is 0 Å². The first-order valence-electron chi connectivity index (χ1n) is 16.9. The minimum Gasteiger partial charge on any atom is -0.456 e. The molecule has 51 heavy (non-hydrogen) atoms. The molecule has 0 unspecified atom stereocenters. The first-order chi connectivity index (χ1) is 25.3. The number of rotatable bonds is 4. The van der Waals surface area contributed by atoms with Gasteiger partial charge < -0.3 is 13.4 Å². The highest BCUT2D eigenvalue weighted by molar-refractivity contribution is 6.24. The van der Waals surface area contributed by atoms with Crippen molar-refractivity contribution in [1.29, 1.82) is 0 Å². The molecule has 0 bridgehead atoms. The first-order valence-corrected chi connectivity index (χ1v) is 16.9. The Hall–Kier alpha value is -7.05. The fourth-order valence-electron chi connectivity index (χ4n) is 7.49. The SMILES string of the molecule is c1ccc(-c2nc(-c3ccccc3)nc(-c3ccc4c(c3)oc3ccc(-n5c6ccccc6c6c7oc8ccccc8c7ccc65)cc34)n2)cc1. The molecule has 11 aromatic rings. The molecule has 4 aromatic heterocycles. The maximum absolute atomic E-state index is 6.51. The second kappa shape index (κ2) is 10.7. The Morgan fingerprint density at radius 3 is 1.75 bits per heavy atom. The van der Waals surface area contributed by atoms with E-state index < -0.39 is 0 Å². The van der Waals surface area contributed by atoms with Gasteiger partial charge in [-0.05, 0) is 54.6 Å². The summed E-state index contributed by atoms with van der Waals surface area (Å²) in [5.74, 6) is 1.84. The van der Waals surface area contributed by atoms with Crippen LogP contribution in [0.15, 0.2) is 167 Å². The van der Waals surface area contributed by atoms with Crippen molar-refractivity contribution in [3.8, 4) is 39.9 Å². The van der Waals surface area contributed by atoms with Gasteiger partial charge in [-0.2, -0.15) is 0 Å². The number of nitrogens with zero attached hydrogens (tertiary/aromatic N) is 4. The van der Waals surface area contributed by atoms with Crippen LogP contribution in [0.3, 0.4) is 0 Å². The average molecular weight is 655 g/mol. The quantitative estimate of drug-likeness (QED) is 0.189. The van der Waals surface area contributed by atoms with Gasteiger partial charge in [-0.1, -0.05) is 103 Å². The van der Waals surface area contributed by atoms with Crippen LogP contribution in [0.4, 0.5) is 0 Å². The van der Waals surface area contributed by atoms with Crippen LogP contribution in [0.5, 0.6) is 0 Å². The Labute approximate surface area is 290 Å². The predicted molar refractivity (Wildman–Crippen MR) is 205 cm³/mol. The van der Waals surface area contributed by atoms with E-state index in [1.807, 2.05) is 78.9 Å². The number of benzene rings is 7. The molecule has 0 amide bonds. The number of hydrogen-bond acceptors (Lipinski definition) is 5. The predicted octanol–water partition coefficient (Wildman–Crippen LogP) is 11.8. The number of para-hydroxylation sites is 2. The Balaban J connectivity index is 1.08. The zero-order chi connectivity index (χ0) is 33.5. The summed E-state index contributed by atoms with van der Waals surface area (Å²) in [6.45, 7) is 0. The molecule has 0 saturated heterocycles. The van der Waals surface area contributed by atoms with Gasteiger partial charge in [0, 0.05) is 49.3 Å². The number of fused-ring (bicyclic) bond motifs is 10. The molecule has 0 fully saturated rings. The topological polar surface area (TPSA) is 69.9 Å². The van der Waals surface area contributed by atoms with Gasteiger partial charge in [-0.3, -0.25) is 0 Å². The van der Waals surface area contributed by atoms with Crippen molar-refractivity contribution in [2.24, 2.45) is 0 Å². The van der Waals surface area contributed by atoms with Crippen molar-refractivity contribution in [3.05, 3.63) is 158 Å². The molecule has 4 heterocycles. The Morgan fingerprint density at radius 2 is 0.980 bits per heavy atom. The molecule has 0 atom stereocenters. The summed E-state index contributed by atoms with van der Waals surface area (Å²) in [6.07, 6.45) is 0. The summed E-state index contributed by atoms with van der Waals surface area (Å²) in [6, 6.07) is 53.8. The molecule has 0 radical (unpaired) electrons. The lowest BCUT2D eigenvalue weighted by Gasteiger charge is -2.08. The minimum atomic E-state index is 0.591. The summed E-state index contributed by atoms with van der Waals surface area (Å²) in [7, 11) is 0. The molecule has 0 spiro atoms. The summed E-state index contributed by atoms with van der Waals surface area (Å²) in [5, 5.41) is 6.58. The summed E-state index contributed by atoms with van der Waals surface area (Å²) >= 11 is 0. The molecule has 0 aliphatic carbocycles. The molecule has 11 rings (SSSR count). The van der Waals surface area contributed by atoms with Crippen LogP contribution in [0.2, 0.25) is 0 Å². The van der Waals surface area contributed by atoms with Crippen LogP contribution >= 0.6 is 0 Å². The van der Waals surface area contributed by atoms with Crippen molar-refractivity contribution in [2.75, 3.05) is 0 Å². The molecule has 6 nitrogen and oxygen atoms in total. The molecule has 7 aromatic carbocycles. The van der Waals surface area contributed by atoms with Crippen LogP contribution < -0.4 is 0 Å². The molecular weight excluding hydrogens is 629 g/mol. The average Bonchev–Trinajstić information content (AvgIpc) is 3.87. The highest BCUT2D eigenvalue weighted by Gasteiger charge is 2.20. The van der Waals surface area contributed by atoms with Crippen LogP contribution in [0.1, 0.15) is 0 Å². The highest BCUT2D eigenvalue weighted by atomic mass is 16.3. The zero-order valence-electron chi connectivity index (χ0n) is 27.1. The van der Waals surface area contributed by atoms with E-state index in [1.54, 1.807) is 0 Å². The summed E-state index contributed by atoms with van der Waals surface area (Å²) in [5.41, 5.74) is 9.38. The van der Waals surface area contributed by atoms with Crippen molar-refractivity contribution in [1.82, 2.24) is 19.5 Å².